The molecule has 2 aromatic carbocycles. The number of hydrogen-bond acceptors (Lipinski definition) is 7. The van der Waals surface area contributed by atoms with Crippen LogP contribution in [0, 0.1) is 0 Å². The number of rotatable bonds is 9. The molecule has 0 saturated heterocycles. The fourth-order valence-electron chi connectivity index (χ4n) is 2.45. The molecule has 28 heavy (non-hydrogen) atoms. The summed E-state index contributed by atoms with van der Waals surface area (Å²) in [4.78, 5) is 24.1. The first-order valence-electron chi connectivity index (χ1n) is 9.00. The van der Waals surface area contributed by atoms with Crippen LogP contribution in [0.3, 0.4) is 0 Å². The highest BCUT2D eigenvalue weighted by Crippen LogP contribution is 2.39. The molecule has 0 aliphatic heterocycles. The van der Waals surface area contributed by atoms with E-state index in [4.69, 9.17) is 18.9 Å². The third kappa shape index (κ3) is 5.16. The molecule has 2 aromatic rings. The average Bonchev–Trinajstić information content (AvgIpc) is 2.70. The third-order valence-corrected chi connectivity index (χ3v) is 3.63. The Bertz CT molecular complexity index is 785. The van der Waals surface area contributed by atoms with Crippen LogP contribution < -0.4 is 18.9 Å². The maximum atomic E-state index is 12.6. The first-order valence-corrected chi connectivity index (χ1v) is 9.00. The molecular weight excluding hydrogens is 364 g/mol. The first kappa shape index (κ1) is 21.1. The largest absolute Gasteiger partial charge is 0.490 e. The molecule has 0 bridgehead atoms. The number of ether oxygens (including phenoxy) is 5. The molecule has 0 N–H and O–H groups in total. The first-order chi connectivity index (χ1) is 13.5. The van der Waals surface area contributed by atoms with Gasteiger partial charge in [0.2, 0.25) is 5.75 Å². The third-order valence-electron chi connectivity index (χ3n) is 3.63. The van der Waals surface area contributed by atoms with E-state index in [1.165, 1.54) is 31.4 Å². The lowest BCUT2D eigenvalue weighted by Crippen LogP contribution is -2.11. The Kier molecular flexibility index (Phi) is 7.68. The van der Waals surface area contributed by atoms with Gasteiger partial charge in [0.1, 0.15) is 5.75 Å². The minimum Gasteiger partial charge on any atom is -0.490 e. The van der Waals surface area contributed by atoms with Crippen molar-refractivity contribution in [3.8, 4) is 23.0 Å². The SMILES string of the molecule is CCOc1cc(C(=O)Oc2ccc(C(=O)OC)cc2)cc(OCC)c1OCC. The second-order valence-electron chi connectivity index (χ2n) is 5.51. The molecule has 0 atom stereocenters. The van der Waals surface area contributed by atoms with Crippen molar-refractivity contribution >= 4 is 11.9 Å². The van der Waals surface area contributed by atoms with Crippen LogP contribution in [-0.2, 0) is 4.74 Å². The van der Waals surface area contributed by atoms with Crippen molar-refractivity contribution in [2.75, 3.05) is 26.9 Å². The van der Waals surface area contributed by atoms with Crippen LogP contribution in [0.15, 0.2) is 36.4 Å². The van der Waals surface area contributed by atoms with E-state index in [9.17, 15) is 9.59 Å². The van der Waals surface area contributed by atoms with Crippen LogP contribution in [0.25, 0.3) is 0 Å². The Morgan fingerprint density at radius 1 is 0.750 bits per heavy atom. The van der Waals surface area contributed by atoms with Crippen LogP contribution in [0.4, 0.5) is 0 Å². The van der Waals surface area contributed by atoms with Crippen molar-refractivity contribution in [2.45, 2.75) is 20.8 Å². The number of benzene rings is 2. The fourth-order valence-corrected chi connectivity index (χ4v) is 2.45. The van der Waals surface area contributed by atoms with Gasteiger partial charge < -0.3 is 23.7 Å². The summed E-state index contributed by atoms with van der Waals surface area (Å²) in [5.41, 5.74) is 0.619. The second kappa shape index (κ2) is 10.2. The second-order valence-corrected chi connectivity index (χ2v) is 5.51. The highest BCUT2D eigenvalue weighted by Gasteiger charge is 2.19. The molecule has 0 spiro atoms. The van der Waals surface area contributed by atoms with Crippen molar-refractivity contribution in [1.29, 1.82) is 0 Å². The summed E-state index contributed by atoms with van der Waals surface area (Å²) in [5, 5.41) is 0. The number of carbonyl (C=O) groups excluding carboxylic acids is 2. The van der Waals surface area contributed by atoms with Crippen molar-refractivity contribution < 1.29 is 33.3 Å². The van der Waals surface area contributed by atoms with Gasteiger partial charge in [-0.25, -0.2) is 9.59 Å². The average molecular weight is 388 g/mol. The van der Waals surface area contributed by atoms with Gasteiger partial charge >= 0.3 is 11.9 Å². The minimum atomic E-state index is -0.587. The summed E-state index contributed by atoms with van der Waals surface area (Å²) in [6.07, 6.45) is 0. The molecule has 0 fully saturated rings. The van der Waals surface area contributed by atoms with Gasteiger partial charge in [-0.15, -0.1) is 0 Å². The van der Waals surface area contributed by atoms with E-state index in [0.717, 1.165) is 0 Å². The Balaban J connectivity index is 2.29. The normalized spacial score (nSPS) is 10.1. The smallest absolute Gasteiger partial charge is 0.343 e. The van der Waals surface area contributed by atoms with Crippen LogP contribution in [0.5, 0.6) is 23.0 Å². The summed E-state index contributed by atoms with van der Waals surface area (Å²) in [5.74, 6) is 0.502. The quantitative estimate of drug-likeness (QED) is 0.476. The monoisotopic (exact) mass is 388 g/mol. The molecule has 0 amide bonds. The van der Waals surface area contributed by atoms with Crippen molar-refractivity contribution in [3.05, 3.63) is 47.5 Å². The highest BCUT2D eigenvalue weighted by atomic mass is 16.5. The van der Waals surface area contributed by atoms with Crippen LogP contribution >= 0.6 is 0 Å². The van der Waals surface area contributed by atoms with Crippen molar-refractivity contribution in [1.82, 2.24) is 0 Å². The molecule has 0 aromatic heterocycles. The molecule has 0 saturated carbocycles. The topological polar surface area (TPSA) is 80.3 Å². The predicted molar refractivity (Wildman–Crippen MR) is 103 cm³/mol. The summed E-state index contributed by atoms with van der Waals surface area (Å²) < 4.78 is 26.9. The van der Waals surface area contributed by atoms with E-state index in [-0.39, 0.29) is 5.56 Å². The van der Waals surface area contributed by atoms with E-state index in [1.54, 1.807) is 12.1 Å². The van der Waals surface area contributed by atoms with Gasteiger partial charge in [-0.2, -0.15) is 0 Å². The highest BCUT2D eigenvalue weighted by molar-refractivity contribution is 5.93. The van der Waals surface area contributed by atoms with Gasteiger partial charge in [-0.1, -0.05) is 0 Å². The zero-order valence-electron chi connectivity index (χ0n) is 16.4. The van der Waals surface area contributed by atoms with Gasteiger partial charge in [0.15, 0.2) is 11.5 Å². The lowest BCUT2D eigenvalue weighted by atomic mass is 10.1. The van der Waals surface area contributed by atoms with E-state index in [0.29, 0.717) is 48.4 Å². The number of carbonyl (C=O) groups is 2. The standard InChI is InChI=1S/C21H24O7/c1-5-25-17-12-15(13-18(26-6-2)19(17)27-7-3)21(23)28-16-10-8-14(9-11-16)20(22)24-4/h8-13H,5-7H2,1-4H3. The van der Waals surface area contributed by atoms with Gasteiger partial charge in [0, 0.05) is 0 Å². The van der Waals surface area contributed by atoms with Gasteiger partial charge in [-0.05, 0) is 57.2 Å². The number of methoxy groups -OCH3 is 1. The van der Waals surface area contributed by atoms with Crippen LogP contribution in [-0.4, -0.2) is 38.9 Å². The van der Waals surface area contributed by atoms with Gasteiger partial charge in [0.05, 0.1) is 38.1 Å². The van der Waals surface area contributed by atoms with Crippen molar-refractivity contribution in [3.63, 3.8) is 0 Å². The molecule has 150 valence electrons. The Morgan fingerprint density at radius 3 is 1.75 bits per heavy atom. The molecular formula is C21H24O7. The zero-order valence-corrected chi connectivity index (χ0v) is 16.4. The van der Waals surface area contributed by atoms with Gasteiger partial charge in [-0.3, -0.25) is 0 Å². The molecule has 7 heteroatoms. The lowest BCUT2D eigenvalue weighted by Gasteiger charge is -2.16. The Labute approximate surface area is 164 Å². The summed E-state index contributed by atoms with van der Waals surface area (Å²) >= 11 is 0. The molecule has 0 radical (unpaired) electrons. The predicted octanol–water partition coefficient (Wildman–Crippen LogP) is 3.89. The zero-order chi connectivity index (χ0) is 20.5. The number of esters is 2. The minimum absolute atomic E-state index is 0.257. The lowest BCUT2D eigenvalue weighted by molar-refractivity contribution is 0.0600. The van der Waals surface area contributed by atoms with Crippen LogP contribution in [0.1, 0.15) is 41.5 Å². The summed E-state index contributed by atoms with van der Waals surface area (Å²) in [7, 11) is 1.30. The summed E-state index contributed by atoms with van der Waals surface area (Å²) in [6.45, 7) is 6.76. The molecule has 0 aliphatic carbocycles. The fraction of sp³-hybridized carbons (Fsp3) is 0.333. The van der Waals surface area contributed by atoms with E-state index in [1.807, 2.05) is 20.8 Å². The number of hydrogen-bond donors (Lipinski definition) is 0. The van der Waals surface area contributed by atoms with E-state index < -0.39 is 11.9 Å². The maximum absolute atomic E-state index is 12.6. The van der Waals surface area contributed by atoms with Crippen molar-refractivity contribution in [2.24, 2.45) is 0 Å². The van der Waals surface area contributed by atoms with E-state index in [2.05, 4.69) is 4.74 Å². The van der Waals surface area contributed by atoms with Crippen LogP contribution in [0.2, 0.25) is 0 Å². The summed E-state index contributed by atoms with van der Waals surface area (Å²) in [6, 6.07) is 9.19. The van der Waals surface area contributed by atoms with Gasteiger partial charge in [0.25, 0.3) is 0 Å². The molecule has 0 unspecified atom stereocenters. The van der Waals surface area contributed by atoms with E-state index >= 15 is 0 Å². The molecule has 0 heterocycles. The Hall–Kier alpha value is -3.22. The molecule has 2 rings (SSSR count). The molecule has 0 aliphatic rings. The molecule has 7 nitrogen and oxygen atoms in total. The Morgan fingerprint density at radius 2 is 1.29 bits per heavy atom. The maximum Gasteiger partial charge on any atom is 0.343 e.